The highest BCUT2D eigenvalue weighted by molar-refractivity contribution is 5.46. The summed E-state index contributed by atoms with van der Waals surface area (Å²) in [6, 6.07) is 7.18. The van der Waals surface area contributed by atoms with Gasteiger partial charge in [-0.25, -0.2) is 0 Å². The zero-order valence-electron chi connectivity index (χ0n) is 16.1. The molecule has 0 amide bonds. The summed E-state index contributed by atoms with van der Waals surface area (Å²) < 4.78 is 17.0. The second-order valence-corrected chi connectivity index (χ2v) is 6.93. The van der Waals surface area contributed by atoms with Crippen molar-refractivity contribution in [1.82, 2.24) is 5.32 Å². The van der Waals surface area contributed by atoms with Gasteiger partial charge in [-0.2, -0.15) is 5.26 Å². The summed E-state index contributed by atoms with van der Waals surface area (Å²) in [7, 11) is 0. The molecule has 6 heteroatoms. The fraction of sp³-hybridized carbons (Fsp3) is 0.650. The lowest BCUT2D eigenvalue weighted by atomic mass is 9.86. The van der Waals surface area contributed by atoms with Crippen LogP contribution in [0, 0.1) is 11.3 Å². The van der Waals surface area contributed by atoms with E-state index in [4.69, 9.17) is 19.5 Å². The fourth-order valence-corrected chi connectivity index (χ4v) is 3.20. The molecule has 0 aliphatic carbocycles. The molecule has 0 unspecified atom stereocenters. The smallest absolute Gasteiger partial charge is 0.157 e. The molecule has 0 aromatic heterocycles. The number of fused-ring (bicyclic) bond motifs is 1. The van der Waals surface area contributed by atoms with Gasteiger partial charge in [0, 0.05) is 18.8 Å². The van der Waals surface area contributed by atoms with Crippen molar-refractivity contribution < 1.29 is 19.3 Å². The molecule has 26 heavy (non-hydrogen) atoms. The highest BCUT2D eigenvalue weighted by Crippen LogP contribution is 2.40. The highest BCUT2D eigenvalue weighted by Gasteiger charge is 2.42. The Hall–Kier alpha value is -1.65. The van der Waals surface area contributed by atoms with E-state index in [-0.39, 0.29) is 12.3 Å². The van der Waals surface area contributed by atoms with Gasteiger partial charge >= 0.3 is 0 Å². The van der Waals surface area contributed by atoms with E-state index in [0.29, 0.717) is 31.1 Å². The Morgan fingerprint density at radius 1 is 1.31 bits per heavy atom. The second-order valence-electron chi connectivity index (χ2n) is 6.93. The SMILES string of the molecule is CCOC(CCCN[C@H]1c2cc(C#N)ccc2OC(C)(C)[C@@H]1O)OCC. The Morgan fingerprint density at radius 3 is 2.62 bits per heavy atom. The molecular formula is C20H30N2O4. The van der Waals surface area contributed by atoms with Crippen LogP contribution in [-0.4, -0.2) is 42.9 Å². The molecular weight excluding hydrogens is 332 g/mol. The van der Waals surface area contributed by atoms with Crippen LogP contribution >= 0.6 is 0 Å². The number of hydrogen-bond donors (Lipinski definition) is 2. The monoisotopic (exact) mass is 362 g/mol. The van der Waals surface area contributed by atoms with Gasteiger partial charge in [-0.3, -0.25) is 0 Å². The van der Waals surface area contributed by atoms with Gasteiger partial charge in [0.25, 0.3) is 0 Å². The first kappa shape index (κ1) is 20.7. The van der Waals surface area contributed by atoms with Gasteiger partial charge in [-0.1, -0.05) is 0 Å². The zero-order chi connectivity index (χ0) is 19.2. The van der Waals surface area contributed by atoms with E-state index in [2.05, 4.69) is 11.4 Å². The minimum absolute atomic E-state index is 0.194. The molecule has 0 saturated heterocycles. The van der Waals surface area contributed by atoms with Crippen LogP contribution in [0.5, 0.6) is 5.75 Å². The average molecular weight is 362 g/mol. The van der Waals surface area contributed by atoms with Crippen LogP contribution in [0.4, 0.5) is 0 Å². The number of aliphatic hydroxyl groups excluding tert-OH is 1. The number of rotatable bonds is 9. The number of benzene rings is 1. The molecule has 2 atom stereocenters. The van der Waals surface area contributed by atoms with E-state index in [1.54, 1.807) is 18.2 Å². The summed E-state index contributed by atoms with van der Waals surface area (Å²) in [6.45, 7) is 9.58. The molecule has 2 N–H and O–H groups in total. The number of nitriles is 1. The second kappa shape index (κ2) is 9.33. The van der Waals surface area contributed by atoms with Crippen molar-refractivity contribution >= 4 is 0 Å². The number of nitrogens with one attached hydrogen (secondary N) is 1. The van der Waals surface area contributed by atoms with E-state index in [1.165, 1.54) is 0 Å². The van der Waals surface area contributed by atoms with Crippen LogP contribution in [0.3, 0.4) is 0 Å². The summed E-state index contributed by atoms with van der Waals surface area (Å²) >= 11 is 0. The Bertz CT molecular complexity index is 621. The quantitative estimate of drug-likeness (QED) is 0.519. The van der Waals surface area contributed by atoms with Gasteiger partial charge < -0.3 is 24.6 Å². The predicted octanol–water partition coefficient (Wildman–Crippen LogP) is 2.90. The summed E-state index contributed by atoms with van der Waals surface area (Å²) in [6.07, 6.45) is 0.712. The van der Waals surface area contributed by atoms with Gasteiger partial charge in [0.1, 0.15) is 17.5 Å². The molecule has 0 spiro atoms. The molecule has 1 aromatic rings. The maximum absolute atomic E-state index is 10.8. The Balaban J connectivity index is 2.04. The van der Waals surface area contributed by atoms with Crippen molar-refractivity contribution in [3.8, 4) is 11.8 Å². The predicted molar refractivity (Wildman–Crippen MR) is 98.9 cm³/mol. The van der Waals surface area contributed by atoms with Crippen LogP contribution in [0.2, 0.25) is 0 Å². The third kappa shape index (κ3) is 4.95. The lowest BCUT2D eigenvalue weighted by molar-refractivity contribution is -0.140. The molecule has 1 heterocycles. The van der Waals surface area contributed by atoms with Gasteiger partial charge in [0.2, 0.25) is 0 Å². The van der Waals surface area contributed by atoms with E-state index in [9.17, 15) is 5.11 Å². The number of ether oxygens (including phenoxy) is 3. The van der Waals surface area contributed by atoms with Crippen LogP contribution < -0.4 is 10.1 Å². The third-order valence-corrected chi connectivity index (χ3v) is 4.56. The van der Waals surface area contributed by atoms with Gasteiger partial charge in [-0.15, -0.1) is 0 Å². The summed E-state index contributed by atoms with van der Waals surface area (Å²) in [5.74, 6) is 0.707. The summed E-state index contributed by atoms with van der Waals surface area (Å²) in [5, 5.41) is 23.4. The third-order valence-electron chi connectivity index (χ3n) is 4.56. The van der Waals surface area contributed by atoms with E-state index >= 15 is 0 Å². The molecule has 0 bridgehead atoms. The Morgan fingerprint density at radius 2 is 2.00 bits per heavy atom. The summed E-state index contributed by atoms with van der Waals surface area (Å²) in [5.41, 5.74) is 0.665. The van der Waals surface area contributed by atoms with Crippen LogP contribution in [0.15, 0.2) is 18.2 Å². The lowest BCUT2D eigenvalue weighted by Gasteiger charge is -2.42. The van der Waals surface area contributed by atoms with Gasteiger partial charge in [-0.05, 0) is 65.3 Å². The highest BCUT2D eigenvalue weighted by atomic mass is 16.7. The van der Waals surface area contributed by atoms with Crippen LogP contribution in [0.25, 0.3) is 0 Å². The Kier molecular flexibility index (Phi) is 7.42. The van der Waals surface area contributed by atoms with Crippen molar-refractivity contribution in [2.45, 2.75) is 64.6 Å². The Labute approximate surface area is 156 Å². The van der Waals surface area contributed by atoms with Crippen LogP contribution in [-0.2, 0) is 9.47 Å². The fourth-order valence-electron chi connectivity index (χ4n) is 3.20. The summed E-state index contributed by atoms with van der Waals surface area (Å²) in [4.78, 5) is 0. The molecule has 0 fully saturated rings. The first-order valence-electron chi connectivity index (χ1n) is 9.30. The average Bonchev–Trinajstić information content (AvgIpc) is 2.61. The van der Waals surface area contributed by atoms with Crippen molar-refractivity contribution in [3.63, 3.8) is 0 Å². The van der Waals surface area contributed by atoms with Crippen molar-refractivity contribution in [2.24, 2.45) is 0 Å². The molecule has 6 nitrogen and oxygen atoms in total. The largest absolute Gasteiger partial charge is 0.485 e. The van der Waals surface area contributed by atoms with E-state index in [1.807, 2.05) is 27.7 Å². The minimum Gasteiger partial charge on any atom is -0.485 e. The number of aliphatic hydroxyl groups is 1. The number of nitrogens with zero attached hydrogens (tertiary/aromatic N) is 1. The van der Waals surface area contributed by atoms with Crippen molar-refractivity contribution in [2.75, 3.05) is 19.8 Å². The normalized spacial score (nSPS) is 21.1. The topological polar surface area (TPSA) is 83.7 Å². The zero-order valence-corrected chi connectivity index (χ0v) is 16.1. The first-order chi connectivity index (χ1) is 12.4. The molecule has 0 saturated carbocycles. The maximum Gasteiger partial charge on any atom is 0.157 e. The van der Waals surface area contributed by atoms with Crippen molar-refractivity contribution in [1.29, 1.82) is 5.26 Å². The van der Waals surface area contributed by atoms with Crippen LogP contribution in [0.1, 0.15) is 57.7 Å². The van der Waals surface area contributed by atoms with E-state index < -0.39 is 11.7 Å². The molecule has 1 aliphatic heterocycles. The minimum atomic E-state index is -0.724. The first-order valence-corrected chi connectivity index (χ1v) is 9.30. The van der Waals surface area contributed by atoms with Gasteiger partial charge in [0.15, 0.2) is 6.29 Å². The molecule has 0 radical (unpaired) electrons. The van der Waals surface area contributed by atoms with Gasteiger partial charge in [0.05, 0.1) is 17.7 Å². The van der Waals surface area contributed by atoms with E-state index in [0.717, 1.165) is 18.4 Å². The maximum atomic E-state index is 10.8. The standard InChI is InChI=1S/C20H30N2O4/c1-5-24-17(25-6-2)8-7-11-22-18-15-12-14(13-21)9-10-16(15)26-20(3,4)19(18)23/h9-10,12,17-19,22-23H,5-8,11H2,1-4H3/t18-,19+/m0/s1. The number of hydrogen-bond acceptors (Lipinski definition) is 6. The van der Waals surface area contributed by atoms with Crippen molar-refractivity contribution in [3.05, 3.63) is 29.3 Å². The molecule has 1 aliphatic rings. The molecule has 2 rings (SSSR count). The molecule has 144 valence electrons. The lowest BCUT2D eigenvalue weighted by Crippen LogP contribution is -2.52. The molecule has 1 aromatic carbocycles.